The highest BCUT2D eigenvalue weighted by atomic mass is 19.4. The van der Waals surface area contributed by atoms with Crippen molar-refractivity contribution < 1.29 is 13.2 Å². The van der Waals surface area contributed by atoms with Crippen LogP contribution in [0.3, 0.4) is 0 Å². The van der Waals surface area contributed by atoms with E-state index in [1.54, 1.807) is 0 Å². The summed E-state index contributed by atoms with van der Waals surface area (Å²) in [5, 5.41) is 0. The van der Waals surface area contributed by atoms with Crippen molar-refractivity contribution in [1.82, 2.24) is 9.97 Å². The summed E-state index contributed by atoms with van der Waals surface area (Å²) >= 11 is 0. The molecule has 1 fully saturated rings. The summed E-state index contributed by atoms with van der Waals surface area (Å²) < 4.78 is 37.8. The minimum atomic E-state index is -4.40. The van der Waals surface area contributed by atoms with E-state index in [1.165, 1.54) is 6.92 Å². The smallest absolute Gasteiger partial charge is 0.357 e. The number of aryl methyl sites for hydroxylation is 1. The van der Waals surface area contributed by atoms with Gasteiger partial charge in [0.2, 0.25) is 0 Å². The van der Waals surface area contributed by atoms with E-state index >= 15 is 0 Å². The second-order valence-electron chi connectivity index (χ2n) is 4.20. The Morgan fingerprint density at radius 3 is 2.35 bits per heavy atom. The summed E-state index contributed by atoms with van der Waals surface area (Å²) in [6, 6.07) is 1.04. The highest BCUT2D eigenvalue weighted by Gasteiger charge is 2.33. The summed E-state index contributed by atoms with van der Waals surface area (Å²) in [6.07, 6.45) is -1.26. The van der Waals surface area contributed by atoms with Gasteiger partial charge in [0.05, 0.1) is 0 Å². The Hall–Kier alpha value is -1.33. The Bertz CT molecular complexity index is 397. The van der Waals surface area contributed by atoms with E-state index in [0.717, 1.165) is 38.4 Å². The van der Waals surface area contributed by atoms with Crippen LogP contribution >= 0.6 is 0 Å². The van der Waals surface area contributed by atoms with Crippen LogP contribution in [0, 0.1) is 6.92 Å². The molecular weight excluding hydrogens is 231 g/mol. The lowest BCUT2D eigenvalue weighted by molar-refractivity contribution is -0.141. The summed E-state index contributed by atoms with van der Waals surface area (Å²) in [6.45, 7) is 3.03. The number of hydrogen-bond acceptors (Lipinski definition) is 3. The number of anilines is 1. The summed E-state index contributed by atoms with van der Waals surface area (Å²) in [7, 11) is 0. The molecule has 0 bridgehead atoms. The minimum Gasteiger partial charge on any atom is -0.357 e. The molecule has 1 aromatic heterocycles. The van der Waals surface area contributed by atoms with Gasteiger partial charge < -0.3 is 4.90 Å². The first-order chi connectivity index (χ1) is 7.97. The molecule has 2 heterocycles. The van der Waals surface area contributed by atoms with E-state index in [0.29, 0.717) is 5.82 Å². The van der Waals surface area contributed by atoms with E-state index in [1.807, 2.05) is 4.90 Å². The van der Waals surface area contributed by atoms with Crippen molar-refractivity contribution in [2.75, 3.05) is 18.0 Å². The standard InChI is InChI=1S/C11H14F3N3/c1-8-15-9(11(12,13)14)7-10(16-8)17-5-3-2-4-6-17/h7H,2-6H2,1H3. The normalized spacial score (nSPS) is 17.3. The maximum Gasteiger partial charge on any atom is 0.433 e. The summed E-state index contributed by atoms with van der Waals surface area (Å²) in [4.78, 5) is 9.42. The number of piperidine rings is 1. The van der Waals surface area contributed by atoms with Crippen LogP contribution in [-0.2, 0) is 6.18 Å². The van der Waals surface area contributed by atoms with Crippen molar-refractivity contribution >= 4 is 5.82 Å². The molecule has 0 saturated carbocycles. The van der Waals surface area contributed by atoms with Crippen LogP contribution in [0.15, 0.2) is 6.07 Å². The van der Waals surface area contributed by atoms with E-state index in [9.17, 15) is 13.2 Å². The molecule has 17 heavy (non-hydrogen) atoms. The van der Waals surface area contributed by atoms with Gasteiger partial charge in [-0.2, -0.15) is 13.2 Å². The zero-order chi connectivity index (χ0) is 12.5. The Morgan fingerprint density at radius 2 is 1.76 bits per heavy atom. The molecule has 2 rings (SSSR count). The van der Waals surface area contributed by atoms with Crippen LogP contribution in [0.4, 0.5) is 19.0 Å². The highest BCUT2D eigenvalue weighted by molar-refractivity contribution is 5.40. The third-order valence-electron chi connectivity index (χ3n) is 2.79. The molecule has 6 heteroatoms. The molecule has 94 valence electrons. The Labute approximate surface area is 97.7 Å². The van der Waals surface area contributed by atoms with E-state index in [2.05, 4.69) is 9.97 Å². The van der Waals surface area contributed by atoms with E-state index < -0.39 is 11.9 Å². The molecule has 0 spiro atoms. The van der Waals surface area contributed by atoms with Crippen LogP contribution < -0.4 is 4.90 Å². The highest BCUT2D eigenvalue weighted by Crippen LogP contribution is 2.30. The predicted molar refractivity (Wildman–Crippen MR) is 57.8 cm³/mol. The molecule has 1 aliphatic rings. The molecule has 1 saturated heterocycles. The second-order valence-corrected chi connectivity index (χ2v) is 4.20. The third kappa shape index (κ3) is 2.87. The number of halogens is 3. The molecule has 0 aliphatic carbocycles. The Kier molecular flexibility index (Phi) is 3.22. The average Bonchev–Trinajstić information content (AvgIpc) is 2.28. The fourth-order valence-corrected chi connectivity index (χ4v) is 1.98. The lowest BCUT2D eigenvalue weighted by Crippen LogP contribution is -2.30. The summed E-state index contributed by atoms with van der Waals surface area (Å²) in [5.41, 5.74) is -0.856. The molecule has 1 aromatic rings. The number of hydrogen-bond donors (Lipinski definition) is 0. The van der Waals surface area contributed by atoms with Gasteiger partial charge in [-0.1, -0.05) is 0 Å². The van der Waals surface area contributed by atoms with Crippen LogP contribution in [0.2, 0.25) is 0 Å². The number of alkyl halides is 3. The van der Waals surface area contributed by atoms with Gasteiger partial charge in [-0.25, -0.2) is 9.97 Å². The molecule has 0 N–H and O–H groups in total. The SMILES string of the molecule is Cc1nc(N2CCCCC2)cc(C(F)(F)F)n1. The van der Waals surface area contributed by atoms with E-state index in [4.69, 9.17) is 0 Å². The van der Waals surface area contributed by atoms with Gasteiger partial charge in [0.15, 0.2) is 0 Å². The number of rotatable bonds is 1. The van der Waals surface area contributed by atoms with Gasteiger partial charge >= 0.3 is 6.18 Å². The second kappa shape index (κ2) is 4.50. The van der Waals surface area contributed by atoms with Crippen LogP contribution in [0.25, 0.3) is 0 Å². The first-order valence-corrected chi connectivity index (χ1v) is 5.64. The predicted octanol–water partition coefficient (Wildman–Crippen LogP) is 2.79. The zero-order valence-electron chi connectivity index (χ0n) is 9.59. The van der Waals surface area contributed by atoms with Crippen LogP contribution in [-0.4, -0.2) is 23.1 Å². The average molecular weight is 245 g/mol. The number of nitrogens with zero attached hydrogens (tertiary/aromatic N) is 3. The fraction of sp³-hybridized carbons (Fsp3) is 0.636. The minimum absolute atomic E-state index is 0.167. The first kappa shape index (κ1) is 12.1. The van der Waals surface area contributed by atoms with Gasteiger partial charge in [-0.15, -0.1) is 0 Å². The maximum absolute atomic E-state index is 12.6. The third-order valence-corrected chi connectivity index (χ3v) is 2.79. The molecule has 0 unspecified atom stereocenters. The molecule has 0 radical (unpaired) electrons. The molecule has 0 atom stereocenters. The largest absolute Gasteiger partial charge is 0.433 e. The molecule has 1 aliphatic heterocycles. The van der Waals surface area contributed by atoms with Crippen molar-refractivity contribution in [3.63, 3.8) is 0 Å². The van der Waals surface area contributed by atoms with E-state index in [-0.39, 0.29) is 5.82 Å². The van der Waals surface area contributed by atoms with Crippen LogP contribution in [0.1, 0.15) is 30.8 Å². The van der Waals surface area contributed by atoms with Gasteiger partial charge in [0.25, 0.3) is 0 Å². The van der Waals surface area contributed by atoms with Crippen molar-refractivity contribution in [3.8, 4) is 0 Å². The Morgan fingerprint density at radius 1 is 1.12 bits per heavy atom. The maximum atomic E-state index is 12.6. The quantitative estimate of drug-likeness (QED) is 0.761. The zero-order valence-corrected chi connectivity index (χ0v) is 9.59. The molecule has 0 amide bonds. The fourth-order valence-electron chi connectivity index (χ4n) is 1.98. The molecular formula is C11H14F3N3. The lowest BCUT2D eigenvalue weighted by Gasteiger charge is -2.28. The van der Waals surface area contributed by atoms with Gasteiger partial charge in [-0.05, 0) is 26.2 Å². The van der Waals surface area contributed by atoms with Crippen molar-refractivity contribution in [2.24, 2.45) is 0 Å². The topological polar surface area (TPSA) is 29.0 Å². The van der Waals surface area contributed by atoms with Crippen LogP contribution in [0.5, 0.6) is 0 Å². The first-order valence-electron chi connectivity index (χ1n) is 5.64. The lowest BCUT2D eigenvalue weighted by atomic mass is 10.1. The van der Waals surface area contributed by atoms with Crippen molar-refractivity contribution in [1.29, 1.82) is 0 Å². The Balaban J connectivity index is 2.31. The number of aromatic nitrogens is 2. The van der Waals surface area contributed by atoms with Crippen molar-refractivity contribution in [2.45, 2.75) is 32.4 Å². The monoisotopic (exact) mass is 245 g/mol. The summed E-state index contributed by atoms with van der Waals surface area (Å²) in [5.74, 6) is 0.560. The van der Waals surface area contributed by atoms with Crippen molar-refractivity contribution in [3.05, 3.63) is 17.6 Å². The van der Waals surface area contributed by atoms with Gasteiger partial charge in [-0.3, -0.25) is 0 Å². The molecule has 3 nitrogen and oxygen atoms in total. The van der Waals surface area contributed by atoms with Gasteiger partial charge in [0.1, 0.15) is 17.3 Å². The van der Waals surface area contributed by atoms with Gasteiger partial charge in [0, 0.05) is 19.2 Å². The molecule has 0 aromatic carbocycles.